The van der Waals surface area contributed by atoms with Crippen molar-refractivity contribution in [1.29, 1.82) is 0 Å². The van der Waals surface area contributed by atoms with E-state index in [2.05, 4.69) is 25.0 Å². The minimum atomic E-state index is -0.144. The summed E-state index contributed by atoms with van der Waals surface area (Å²) in [6.45, 7) is 2.28. The van der Waals surface area contributed by atoms with Crippen LogP contribution < -0.4 is 0 Å². The topological polar surface area (TPSA) is 69.6 Å². The maximum Gasteiger partial charge on any atom is 0.213 e. The average Bonchev–Trinajstić information content (AvgIpc) is 2.75. The first kappa shape index (κ1) is 9.14. The maximum absolute atomic E-state index is 5.83. The molecule has 0 spiro atoms. The van der Waals surface area contributed by atoms with Gasteiger partial charge in [0.05, 0.1) is 11.6 Å². The van der Waals surface area contributed by atoms with E-state index in [0.29, 0.717) is 12.4 Å². The number of nitrogens with zero attached hydrogens (tertiary/aromatic N) is 5. The van der Waals surface area contributed by atoms with Crippen molar-refractivity contribution >= 4 is 11.6 Å². The van der Waals surface area contributed by atoms with Crippen LogP contribution in [0.1, 0.15) is 23.8 Å². The predicted octanol–water partition coefficient (Wildman–Crippen LogP) is 1.01. The van der Waals surface area contributed by atoms with Crippen LogP contribution >= 0.6 is 11.6 Å². The molecule has 2 rings (SSSR count). The lowest BCUT2D eigenvalue weighted by Crippen LogP contribution is -2.01. The molecule has 1 atom stereocenters. The molecule has 0 aliphatic carbocycles. The predicted molar refractivity (Wildman–Crippen MR) is 47.7 cm³/mol. The highest BCUT2D eigenvalue weighted by Gasteiger charge is 2.07. The standard InChI is InChI=1S/C7H8ClN5O/c1-5(8)6-2-13(12-10-6)3-7-9-4-14-11-7/h2,4-5H,3H2,1H3. The third-order valence-corrected chi connectivity index (χ3v) is 1.90. The van der Waals surface area contributed by atoms with E-state index in [9.17, 15) is 0 Å². The number of hydrogen-bond donors (Lipinski definition) is 0. The lowest BCUT2D eigenvalue weighted by atomic mass is 10.4. The van der Waals surface area contributed by atoms with Crippen molar-refractivity contribution in [3.63, 3.8) is 0 Å². The third-order valence-electron chi connectivity index (χ3n) is 1.67. The number of hydrogen-bond acceptors (Lipinski definition) is 5. The SMILES string of the molecule is CC(Cl)c1cn(Cc2ncon2)nn1. The number of alkyl halides is 1. The molecule has 0 bridgehead atoms. The second kappa shape index (κ2) is 3.75. The van der Waals surface area contributed by atoms with Crippen molar-refractivity contribution in [2.24, 2.45) is 0 Å². The molecule has 2 aromatic rings. The summed E-state index contributed by atoms with van der Waals surface area (Å²) >= 11 is 5.83. The van der Waals surface area contributed by atoms with Crippen molar-refractivity contribution in [2.75, 3.05) is 0 Å². The van der Waals surface area contributed by atoms with Gasteiger partial charge in [-0.05, 0) is 6.92 Å². The Balaban J connectivity index is 2.11. The smallest absolute Gasteiger partial charge is 0.213 e. The molecule has 2 aromatic heterocycles. The molecule has 0 aliphatic rings. The van der Waals surface area contributed by atoms with Crippen LogP contribution in [0.3, 0.4) is 0 Å². The van der Waals surface area contributed by atoms with Crippen LogP contribution in [-0.4, -0.2) is 25.1 Å². The van der Waals surface area contributed by atoms with Crippen LogP contribution in [0.25, 0.3) is 0 Å². The van der Waals surface area contributed by atoms with Crippen molar-refractivity contribution in [3.05, 3.63) is 24.1 Å². The van der Waals surface area contributed by atoms with Crippen LogP contribution in [0.4, 0.5) is 0 Å². The average molecular weight is 214 g/mol. The summed E-state index contributed by atoms with van der Waals surface area (Å²) in [5.41, 5.74) is 0.732. The van der Waals surface area contributed by atoms with E-state index in [-0.39, 0.29) is 5.38 Å². The lowest BCUT2D eigenvalue weighted by Gasteiger charge is -1.93. The zero-order valence-corrected chi connectivity index (χ0v) is 8.22. The molecular weight excluding hydrogens is 206 g/mol. The molecule has 0 fully saturated rings. The highest BCUT2D eigenvalue weighted by Crippen LogP contribution is 2.15. The van der Waals surface area contributed by atoms with Crippen LogP contribution in [-0.2, 0) is 6.54 Å². The van der Waals surface area contributed by atoms with E-state index in [1.807, 2.05) is 6.92 Å². The summed E-state index contributed by atoms with van der Waals surface area (Å²) in [4.78, 5) is 3.87. The summed E-state index contributed by atoms with van der Waals surface area (Å²) in [6, 6.07) is 0. The van der Waals surface area contributed by atoms with Crippen molar-refractivity contribution in [3.8, 4) is 0 Å². The molecule has 7 heteroatoms. The summed E-state index contributed by atoms with van der Waals surface area (Å²) in [5, 5.41) is 11.3. The molecule has 2 heterocycles. The van der Waals surface area contributed by atoms with Gasteiger partial charge in [0, 0.05) is 0 Å². The number of rotatable bonds is 3. The van der Waals surface area contributed by atoms with Crippen LogP contribution in [0.2, 0.25) is 0 Å². The first-order valence-electron chi connectivity index (χ1n) is 4.05. The van der Waals surface area contributed by atoms with Gasteiger partial charge in [-0.25, -0.2) is 4.68 Å². The molecule has 74 valence electrons. The third kappa shape index (κ3) is 1.90. The summed E-state index contributed by atoms with van der Waals surface area (Å²) in [5.74, 6) is 0.559. The van der Waals surface area contributed by atoms with Gasteiger partial charge in [-0.1, -0.05) is 10.4 Å². The largest absolute Gasteiger partial charge is 0.343 e. The minimum absolute atomic E-state index is 0.144. The van der Waals surface area contributed by atoms with Gasteiger partial charge in [0.25, 0.3) is 0 Å². The summed E-state index contributed by atoms with van der Waals surface area (Å²) in [6.07, 6.45) is 3.03. The van der Waals surface area contributed by atoms with E-state index in [0.717, 1.165) is 5.69 Å². The lowest BCUT2D eigenvalue weighted by molar-refractivity contribution is 0.406. The Labute approximate surface area is 84.9 Å². The molecule has 0 radical (unpaired) electrons. The molecule has 1 unspecified atom stereocenters. The Morgan fingerprint density at radius 2 is 2.50 bits per heavy atom. The fourth-order valence-electron chi connectivity index (χ4n) is 0.980. The van der Waals surface area contributed by atoms with Gasteiger partial charge in [-0.2, -0.15) is 4.98 Å². The van der Waals surface area contributed by atoms with Gasteiger partial charge in [0.15, 0.2) is 5.82 Å². The van der Waals surface area contributed by atoms with E-state index in [1.54, 1.807) is 10.9 Å². The first-order chi connectivity index (χ1) is 6.75. The Bertz CT molecular complexity index is 396. The molecule has 0 saturated carbocycles. The molecule has 0 aromatic carbocycles. The Hall–Kier alpha value is -1.43. The van der Waals surface area contributed by atoms with Gasteiger partial charge < -0.3 is 4.52 Å². The zero-order chi connectivity index (χ0) is 9.97. The molecule has 6 nitrogen and oxygen atoms in total. The molecule has 0 N–H and O–H groups in total. The number of aromatic nitrogens is 5. The second-order valence-corrected chi connectivity index (χ2v) is 3.46. The van der Waals surface area contributed by atoms with Crippen molar-refractivity contribution in [2.45, 2.75) is 18.8 Å². The highest BCUT2D eigenvalue weighted by molar-refractivity contribution is 6.20. The van der Waals surface area contributed by atoms with E-state index >= 15 is 0 Å². The second-order valence-electron chi connectivity index (χ2n) is 2.80. The monoisotopic (exact) mass is 213 g/mol. The molecular formula is C7H8ClN5O. The molecule has 0 saturated heterocycles. The first-order valence-corrected chi connectivity index (χ1v) is 4.48. The molecule has 0 aliphatic heterocycles. The van der Waals surface area contributed by atoms with Gasteiger partial charge in [0.2, 0.25) is 6.39 Å². The highest BCUT2D eigenvalue weighted by atomic mass is 35.5. The van der Waals surface area contributed by atoms with E-state index < -0.39 is 0 Å². The quantitative estimate of drug-likeness (QED) is 0.712. The fraction of sp³-hybridized carbons (Fsp3) is 0.429. The van der Waals surface area contributed by atoms with Gasteiger partial charge in [0.1, 0.15) is 12.2 Å². The minimum Gasteiger partial charge on any atom is -0.343 e. The Morgan fingerprint density at radius 1 is 1.64 bits per heavy atom. The molecule has 0 amide bonds. The van der Waals surface area contributed by atoms with Crippen LogP contribution in [0.5, 0.6) is 0 Å². The van der Waals surface area contributed by atoms with Crippen LogP contribution in [0.15, 0.2) is 17.1 Å². The maximum atomic E-state index is 5.83. The zero-order valence-electron chi connectivity index (χ0n) is 7.46. The van der Waals surface area contributed by atoms with Gasteiger partial charge in [-0.15, -0.1) is 16.7 Å². The van der Waals surface area contributed by atoms with Gasteiger partial charge >= 0.3 is 0 Å². The van der Waals surface area contributed by atoms with Crippen molar-refractivity contribution in [1.82, 2.24) is 25.1 Å². The fourth-order valence-corrected chi connectivity index (χ4v) is 1.08. The normalized spacial score (nSPS) is 13.0. The van der Waals surface area contributed by atoms with Crippen LogP contribution in [0, 0.1) is 0 Å². The van der Waals surface area contributed by atoms with E-state index in [4.69, 9.17) is 11.6 Å². The summed E-state index contributed by atoms with van der Waals surface area (Å²) < 4.78 is 6.20. The van der Waals surface area contributed by atoms with Gasteiger partial charge in [-0.3, -0.25) is 0 Å². The Morgan fingerprint density at radius 3 is 3.07 bits per heavy atom. The van der Waals surface area contributed by atoms with Crippen molar-refractivity contribution < 1.29 is 4.52 Å². The number of halogens is 1. The van der Waals surface area contributed by atoms with E-state index in [1.165, 1.54) is 6.39 Å². The summed E-state index contributed by atoms with van der Waals surface area (Å²) in [7, 11) is 0. The Kier molecular flexibility index (Phi) is 2.45. The molecule has 14 heavy (non-hydrogen) atoms.